The second-order valence-electron chi connectivity index (χ2n) is 4.56. The van der Waals surface area contributed by atoms with E-state index >= 15 is 0 Å². The van der Waals surface area contributed by atoms with E-state index in [0.29, 0.717) is 17.8 Å². The van der Waals surface area contributed by atoms with Gasteiger partial charge in [-0.2, -0.15) is 0 Å². The molecule has 1 saturated heterocycles. The van der Waals surface area contributed by atoms with Gasteiger partial charge in [-0.15, -0.1) is 0 Å². The lowest BCUT2D eigenvalue weighted by molar-refractivity contribution is 0.368. The molecule has 1 N–H and O–H groups in total. The van der Waals surface area contributed by atoms with Crippen molar-refractivity contribution in [3.05, 3.63) is 28.2 Å². The summed E-state index contributed by atoms with van der Waals surface area (Å²) in [7, 11) is 0. The maximum Gasteiger partial charge on any atom is 0.163 e. The first kappa shape index (κ1) is 10.7. The number of allylic oxidation sites excluding steroid dienone is 2. The van der Waals surface area contributed by atoms with E-state index in [1.54, 1.807) is 12.2 Å². The lowest BCUT2D eigenvalue weighted by Crippen LogP contribution is -2.31. The van der Waals surface area contributed by atoms with Crippen molar-refractivity contribution in [1.29, 1.82) is 0 Å². The Hall–Kier alpha value is -1.42. The molecule has 3 rings (SSSR count). The molecule has 0 spiro atoms. The van der Waals surface area contributed by atoms with E-state index in [0.717, 1.165) is 36.8 Å². The Morgan fingerprint density at radius 1 is 1.29 bits per heavy atom. The van der Waals surface area contributed by atoms with Crippen molar-refractivity contribution in [2.45, 2.75) is 25.2 Å². The van der Waals surface area contributed by atoms with Gasteiger partial charge < -0.3 is 9.84 Å². The molecule has 1 aromatic heterocycles. The molecule has 4 heteroatoms. The number of rotatable bonds is 1. The van der Waals surface area contributed by atoms with Crippen molar-refractivity contribution in [2.75, 3.05) is 13.1 Å². The summed E-state index contributed by atoms with van der Waals surface area (Å²) in [4.78, 5) is 0. The van der Waals surface area contributed by atoms with Gasteiger partial charge in [0, 0.05) is 17.6 Å². The normalized spacial score (nSPS) is 20.9. The molecule has 0 unspecified atom stereocenters. The van der Waals surface area contributed by atoms with Gasteiger partial charge in [0.05, 0.1) is 5.69 Å². The van der Waals surface area contributed by atoms with Crippen molar-refractivity contribution in [1.82, 2.24) is 10.5 Å². The maximum atomic E-state index is 13.2. The fourth-order valence-electron chi connectivity index (χ4n) is 2.46. The van der Waals surface area contributed by atoms with E-state index in [9.17, 15) is 4.39 Å². The van der Waals surface area contributed by atoms with Crippen LogP contribution in [0.4, 0.5) is 4.39 Å². The summed E-state index contributed by atoms with van der Waals surface area (Å²) in [6, 6.07) is 0. The molecule has 0 radical (unpaired) electrons. The van der Waals surface area contributed by atoms with E-state index in [1.165, 1.54) is 6.08 Å². The molecule has 1 aliphatic heterocycles. The average molecular weight is 234 g/mol. The van der Waals surface area contributed by atoms with Crippen LogP contribution >= 0.6 is 0 Å². The minimum atomic E-state index is -0.132. The van der Waals surface area contributed by atoms with E-state index < -0.39 is 0 Å². The highest BCUT2D eigenvalue weighted by molar-refractivity contribution is 5.45. The second kappa shape index (κ2) is 4.45. The molecule has 1 aromatic rings. The van der Waals surface area contributed by atoms with Gasteiger partial charge in [-0.05, 0) is 44.2 Å². The fraction of sp³-hybridized carbons (Fsp3) is 0.462. The molecule has 0 atom stereocenters. The topological polar surface area (TPSA) is 38.1 Å². The summed E-state index contributed by atoms with van der Waals surface area (Å²) in [5.41, 5.74) is 1.70. The molecule has 17 heavy (non-hydrogen) atoms. The summed E-state index contributed by atoms with van der Waals surface area (Å²) in [5, 5.41) is 8.46. The summed E-state index contributed by atoms with van der Waals surface area (Å²) >= 11 is 0. The molecule has 0 bridgehead atoms. The molecule has 2 heterocycles. The van der Waals surface area contributed by atoms with E-state index in [2.05, 4.69) is 10.5 Å². The molecule has 0 amide bonds. The van der Waals surface area contributed by atoms with Crippen molar-refractivity contribution < 1.29 is 8.91 Å². The first-order chi connectivity index (χ1) is 8.34. The zero-order chi connectivity index (χ0) is 11.7. The third kappa shape index (κ3) is 2.05. The standard InChI is InChI=1S/C13H15FN2O/c14-10-1-3-11-12(4-2-10)17-16-13(11)9-5-7-15-8-6-9/h1,3-4,9,15H,2,5-8H2. The number of halogens is 1. The summed E-state index contributed by atoms with van der Waals surface area (Å²) < 4.78 is 18.5. The number of aromatic nitrogens is 1. The Balaban J connectivity index is 2.05. The molecular weight excluding hydrogens is 219 g/mol. The Labute approximate surface area is 98.7 Å². The fourth-order valence-corrected chi connectivity index (χ4v) is 2.46. The zero-order valence-corrected chi connectivity index (χ0v) is 9.58. The minimum Gasteiger partial charge on any atom is -0.356 e. The van der Waals surface area contributed by atoms with Crippen molar-refractivity contribution >= 4 is 12.2 Å². The molecule has 1 aliphatic carbocycles. The van der Waals surface area contributed by atoms with Gasteiger partial charge in [-0.25, -0.2) is 4.39 Å². The Morgan fingerprint density at radius 3 is 2.94 bits per heavy atom. The Kier molecular flexibility index (Phi) is 2.81. The van der Waals surface area contributed by atoms with Crippen LogP contribution in [-0.4, -0.2) is 18.2 Å². The van der Waals surface area contributed by atoms with Crippen LogP contribution in [0.15, 0.2) is 16.4 Å². The third-order valence-corrected chi connectivity index (χ3v) is 3.42. The molecule has 1 fully saturated rings. The first-order valence-electron chi connectivity index (χ1n) is 6.07. The molecule has 0 aromatic carbocycles. The number of fused-ring (bicyclic) bond motifs is 1. The Bertz CT molecular complexity index is 552. The predicted molar refractivity (Wildman–Crippen MR) is 63.3 cm³/mol. The molecule has 3 nitrogen and oxygen atoms in total. The van der Waals surface area contributed by atoms with Gasteiger partial charge in [-0.3, -0.25) is 0 Å². The van der Waals surface area contributed by atoms with Gasteiger partial charge in [-0.1, -0.05) is 5.16 Å². The van der Waals surface area contributed by atoms with E-state index in [-0.39, 0.29) is 5.83 Å². The molecular formula is C13H15FN2O. The van der Waals surface area contributed by atoms with E-state index in [1.807, 2.05) is 0 Å². The third-order valence-electron chi connectivity index (χ3n) is 3.42. The van der Waals surface area contributed by atoms with Crippen molar-refractivity contribution in [3.63, 3.8) is 0 Å². The molecule has 2 aliphatic rings. The summed E-state index contributed by atoms with van der Waals surface area (Å²) in [6.45, 7) is 2.03. The van der Waals surface area contributed by atoms with Crippen LogP contribution in [0.1, 0.15) is 30.9 Å². The SMILES string of the molecule is FC1=CC=c2c(C3CCNCC3)noc2=CC1. The van der Waals surface area contributed by atoms with Gasteiger partial charge in [0.15, 0.2) is 5.42 Å². The highest BCUT2D eigenvalue weighted by Crippen LogP contribution is 2.20. The minimum absolute atomic E-state index is 0.132. The van der Waals surface area contributed by atoms with Gasteiger partial charge in [0.2, 0.25) is 0 Å². The van der Waals surface area contributed by atoms with Gasteiger partial charge >= 0.3 is 0 Å². The molecule has 0 saturated carbocycles. The lowest BCUT2D eigenvalue weighted by atomic mass is 9.93. The number of nitrogens with one attached hydrogen (secondary N) is 1. The van der Waals surface area contributed by atoms with E-state index in [4.69, 9.17) is 4.52 Å². The van der Waals surface area contributed by atoms with Crippen LogP contribution in [0.5, 0.6) is 0 Å². The van der Waals surface area contributed by atoms with Crippen LogP contribution < -0.4 is 16.0 Å². The monoisotopic (exact) mass is 234 g/mol. The number of hydrogen-bond acceptors (Lipinski definition) is 3. The number of nitrogens with zero attached hydrogens (tertiary/aromatic N) is 1. The summed E-state index contributed by atoms with van der Waals surface area (Å²) in [5.74, 6) is 0.302. The van der Waals surface area contributed by atoms with Crippen molar-refractivity contribution in [2.24, 2.45) is 0 Å². The zero-order valence-electron chi connectivity index (χ0n) is 9.58. The highest BCUT2D eigenvalue weighted by atomic mass is 19.1. The van der Waals surface area contributed by atoms with Crippen LogP contribution in [0.2, 0.25) is 0 Å². The largest absolute Gasteiger partial charge is 0.356 e. The second-order valence-corrected chi connectivity index (χ2v) is 4.56. The smallest absolute Gasteiger partial charge is 0.163 e. The van der Waals surface area contributed by atoms with Gasteiger partial charge in [0.25, 0.3) is 0 Å². The number of piperidine rings is 1. The predicted octanol–water partition coefficient (Wildman–Crippen LogP) is 0.960. The lowest BCUT2D eigenvalue weighted by Gasteiger charge is -2.20. The number of hydrogen-bond donors (Lipinski definition) is 1. The van der Waals surface area contributed by atoms with Crippen LogP contribution in [0.3, 0.4) is 0 Å². The highest BCUT2D eigenvalue weighted by Gasteiger charge is 2.20. The van der Waals surface area contributed by atoms with Crippen LogP contribution in [0, 0.1) is 0 Å². The summed E-state index contributed by atoms with van der Waals surface area (Å²) in [6.07, 6.45) is 7.51. The molecule has 90 valence electrons. The van der Waals surface area contributed by atoms with Crippen LogP contribution in [0.25, 0.3) is 12.2 Å². The Morgan fingerprint density at radius 2 is 2.12 bits per heavy atom. The van der Waals surface area contributed by atoms with Gasteiger partial charge in [0.1, 0.15) is 5.83 Å². The quantitative estimate of drug-likeness (QED) is 0.786. The maximum absolute atomic E-state index is 13.2. The van der Waals surface area contributed by atoms with Crippen molar-refractivity contribution in [3.8, 4) is 0 Å². The van der Waals surface area contributed by atoms with Crippen LogP contribution in [-0.2, 0) is 0 Å². The first-order valence-corrected chi connectivity index (χ1v) is 6.07. The average Bonchev–Trinajstić information content (AvgIpc) is 2.69.